The van der Waals surface area contributed by atoms with Crippen LogP contribution < -0.4 is 5.32 Å². The first-order chi connectivity index (χ1) is 5.06. The number of nitrogens with one attached hydrogen (secondary N) is 1. The van der Waals surface area contributed by atoms with Gasteiger partial charge in [0.15, 0.2) is 0 Å². The Morgan fingerprint density at radius 3 is 2.64 bits per heavy atom. The Morgan fingerprint density at radius 2 is 2.27 bits per heavy atom. The maximum absolute atomic E-state index is 8.51. The second kappa shape index (κ2) is 2.83. The molecule has 0 amide bonds. The van der Waals surface area contributed by atoms with Gasteiger partial charge >= 0.3 is 0 Å². The van der Waals surface area contributed by atoms with Crippen LogP contribution in [-0.4, -0.2) is 12.6 Å². The van der Waals surface area contributed by atoms with Gasteiger partial charge < -0.3 is 5.32 Å². The Hall–Kier alpha value is -0.550. The molecule has 1 rings (SSSR count). The van der Waals surface area contributed by atoms with E-state index in [2.05, 4.69) is 25.2 Å². The minimum absolute atomic E-state index is 0.145. The molecule has 2 nitrogen and oxygen atoms in total. The van der Waals surface area contributed by atoms with Crippen LogP contribution >= 0.6 is 0 Å². The van der Waals surface area contributed by atoms with Crippen LogP contribution in [0, 0.1) is 22.7 Å². The molecule has 1 aliphatic carbocycles. The van der Waals surface area contributed by atoms with Crippen LogP contribution in [0.15, 0.2) is 0 Å². The summed E-state index contributed by atoms with van der Waals surface area (Å²) in [5.74, 6) is 0.145. The molecule has 0 aromatic rings. The Kier molecular flexibility index (Phi) is 2.20. The Bertz CT molecular complexity index is 178. The highest BCUT2D eigenvalue weighted by Crippen LogP contribution is 2.44. The summed E-state index contributed by atoms with van der Waals surface area (Å²) in [5.41, 5.74) is 0.481. The van der Waals surface area contributed by atoms with Crippen molar-refractivity contribution in [2.45, 2.75) is 33.2 Å². The van der Waals surface area contributed by atoms with Crippen LogP contribution in [0.3, 0.4) is 0 Å². The third-order valence-corrected chi connectivity index (χ3v) is 2.40. The van der Waals surface area contributed by atoms with Crippen molar-refractivity contribution in [1.82, 2.24) is 5.32 Å². The Morgan fingerprint density at radius 1 is 1.73 bits per heavy atom. The smallest absolute Gasteiger partial charge is 0.0666 e. The monoisotopic (exact) mass is 152 g/mol. The van der Waals surface area contributed by atoms with Crippen molar-refractivity contribution in [3.8, 4) is 6.07 Å². The predicted octanol–water partition coefficient (Wildman–Crippen LogP) is 1.53. The highest BCUT2D eigenvalue weighted by Gasteiger charge is 2.45. The molecule has 0 radical (unpaired) electrons. The van der Waals surface area contributed by atoms with Crippen LogP contribution in [-0.2, 0) is 0 Å². The molecule has 1 N–H and O–H groups in total. The molecule has 1 aliphatic rings. The van der Waals surface area contributed by atoms with Crippen molar-refractivity contribution < 1.29 is 0 Å². The van der Waals surface area contributed by atoms with Gasteiger partial charge in [-0.2, -0.15) is 5.26 Å². The van der Waals surface area contributed by atoms with E-state index in [1.165, 1.54) is 6.42 Å². The van der Waals surface area contributed by atoms with E-state index in [4.69, 9.17) is 5.26 Å². The molecule has 2 atom stereocenters. The van der Waals surface area contributed by atoms with Crippen molar-refractivity contribution in [2.75, 3.05) is 6.54 Å². The summed E-state index contributed by atoms with van der Waals surface area (Å²) in [6, 6.07) is 2.86. The third-order valence-electron chi connectivity index (χ3n) is 2.40. The topological polar surface area (TPSA) is 35.8 Å². The van der Waals surface area contributed by atoms with E-state index < -0.39 is 0 Å². The van der Waals surface area contributed by atoms with E-state index in [-0.39, 0.29) is 5.92 Å². The fraction of sp³-hybridized carbons (Fsp3) is 0.889. The summed E-state index contributed by atoms with van der Waals surface area (Å²) in [6.45, 7) is 7.29. The standard InChI is InChI=1S/C9H16N2/c1-7(5-10)6-11-8-4-9(8,2)3/h7-8,11H,4,6H2,1-3H3. The molecule has 62 valence electrons. The van der Waals surface area contributed by atoms with Crippen LogP contribution in [0.5, 0.6) is 0 Å². The largest absolute Gasteiger partial charge is 0.312 e. The highest BCUT2D eigenvalue weighted by atomic mass is 15.0. The lowest BCUT2D eigenvalue weighted by atomic mass is 10.1. The van der Waals surface area contributed by atoms with Crippen molar-refractivity contribution in [1.29, 1.82) is 5.26 Å². The molecule has 1 fully saturated rings. The number of hydrogen-bond donors (Lipinski definition) is 1. The lowest BCUT2D eigenvalue weighted by Gasteiger charge is -2.06. The van der Waals surface area contributed by atoms with Crippen LogP contribution in [0.4, 0.5) is 0 Å². The molecule has 2 unspecified atom stereocenters. The molecule has 0 spiro atoms. The van der Waals surface area contributed by atoms with E-state index in [9.17, 15) is 0 Å². The lowest BCUT2D eigenvalue weighted by Crippen LogP contribution is -2.25. The van der Waals surface area contributed by atoms with Gasteiger partial charge in [-0.3, -0.25) is 0 Å². The molecule has 0 aromatic heterocycles. The molecule has 0 saturated heterocycles. The average Bonchev–Trinajstić information content (AvgIpc) is 2.54. The normalized spacial score (nSPS) is 29.1. The lowest BCUT2D eigenvalue weighted by molar-refractivity contribution is 0.516. The SMILES string of the molecule is CC(C#N)CNC1CC1(C)C. The first-order valence-electron chi connectivity index (χ1n) is 4.19. The van der Waals surface area contributed by atoms with Gasteiger partial charge in [-0.05, 0) is 18.8 Å². The number of nitriles is 1. The second-order valence-corrected chi connectivity index (χ2v) is 4.18. The van der Waals surface area contributed by atoms with Crippen molar-refractivity contribution in [3.63, 3.8) is 0 Å². The maximum Gasteiger partial charge on any atom is 0.0666 e. The average molecular weight is 152 g/mol. The van der Waals surface area contributed by atoms with Crippen LogP contribution in [0.1, 0.15) is 27.2 Å². The quantitative estimate of drug-likeness (QED) is 0.665. The molecular formula is C9H16N2. The fourth-order valence-corrected chi connectivity index (χ4v) is 1.18. The maximum atomic E-state index is 8.51. The van der Waals surface area contributed by atoms with Gasteiger partial charge in [0.1, 0.15) is 0 Å². The first-order valence-corrected chi connectivity index (χ1v) is 4.19. The van der Waals surface area contributed by atoms with Crippen molar-refractivity contribution in [3.05, 3.63) is 0 Å². The minimum Gasteiger partial charge on any atom is -0.312 e. The van der Waals surface area contributed by atoms with Gasteiger partial charge in [-0.25, -0.2) is 0 Å². The summed E-state index contributed by atoms with van der Waals surface area (Å²) in [7, 11) is 0. The van der Waals surface area contributed by atoms with Gasteiger partial charge in [0.05, 0.1) is 12.0 Å². The van der Waals surface area contributed by atoms with Crippen molar-refractivity contribution >= 4 is 0 Å². The van der Waals surface area contributed by atoms with E-state index in [0.29, 0.717) is 11.5 Å². The first kappa shape index (κ1) is 8.55. The Labute approximate surface area is 68.6 Å². The zero-order valence-corrected chi connectivity index (χ0v) is 7.52. The highest BCUT2D eigenvalue weighted by molar-refractivity contribution is 5.02. The zero-order valence-electron chi connectivity index (χ0n) is 7.52. The van der Waals surface area contributed by atoms with E-state index in [1.54, 1.807) is 0 Å². The number of hydrogen-bond acceptors (Lipinski definition) is 2. The zero-order chi connectivity index (χ0) is 8.48. The van der Waals surface area contributed by atoms with Crippen LogP contribution in [0.25, 0.3) is 0 Å². The summed E-state index contributed by atoms with van der Waals surface area (Å²) < 4.78 is 0. The second-order valence-electron chi connectivity index (χ2n) is 4.18. The fourth-order valence-electron chi connectivity index (χ4n) is 1.18. The van der Waals surface area contributed by atoms with Crippen molar-refractivity contribution in [2.24, 2.45) is 11.3 Å². The molecular weight excluding hydrogens is 136 g/mol. The van der Waals surface area contributed by atoms with Crippen LogP contribution in [0.2, 0.25) is 0 Å². The summed E-state index contributed by atoms with van der Waals surface area (Å²) >= 11 is 0. The Balaban J connectivity index is 2.12. The van der Waals surface area contributed by atoms with Gasteiger partial charge in [-0.15, -0.1) is 0 Å². The summed E-state index contributed by atoms with van der Waals surface area (Å²) in [6.07, 6.45) is 1.26. The number of nitrogens with zero attached hydrogens (tertiary/aromatic N) is 1. The van der Waals surface area contributed by atoms with Gasteiger partial charge in [0, 0.05) is 12.6 Å². The minimum atomic E-state index is 0.145. The predicted molar refractivity (Wildman–Crippen MR) is 45.0 cm³/mol. The molecule has 1 saturated carbocycles. The molecule has 0 bridgehead atoms. The molecule has 11 heavy (non-hydrogen) atoms. The molecule has 0 aromatic carbocycles. The third kappa shape index (κ3) is 2.20. The van der Waals surface area contributed by atoms with E-state index in [1.807, 2.05) is 6.92 Å². The van der Waals surface area contributed by atoms with Gasteiger partial charge in [-0.1, -0.05) is 13.8 Å². The van der Waals surface area contributed by atoms with Gasteiger partial charge in [0.2, 0.25) is 0 Å². The molecule has 2 heteroatoms. The molecule has 0 heterocycles. The van der Waals surface area contributed by atoms with E-state index >= 15 is 0 Å². The van der Waals surface area contributed by atoms with Gasteiger partial charge in [0.25, 0.3) is 0 Å². The summed E-state index contributed by atoms with van der Waals surface area (Å²) in [5, 5.41) is 11.9. The van der Waals surface area contributed by atoms with E-state index in [0.717, 1.165) is 6.54 Å². The number of rotatable bonds is 3. The summed E-state index contributed by atoms with van der Waals surface area (Å²) in [4.78, 5) is 0. The molecule has 0 aliphatic heterocycles.